The number of benzene rings is 1. The van der Waals surface area contributed by atoms with Crippen molar-refractivity contribution >= 4 is 23.7 Å². The van der Waals surface area contributed by atoms with Gasteiger partial charge < -0.3 is 15.1 Å². The first kappa shape index (κ1) is 15.2. The lowest BCUT2D eigenvalue weighted by atomic mass is 10.0. The molecule has 1 aromatic carbocycles. The first-order valence-electron chi connectivity index (χ1n) is 7.68. The van der Waals surface area contributed by atoms with Gasteiger partial charge in [0.05, 0.1) is 6.04 Å². The minimum absolute atomic E-state index is 0.0186. The molecule has 1 aromatic rings. The normalized spacial score (nSPS) is 21.2. The van der Waals surface area contributed by atoms with E-state index in [-0.39, 0.29) is 18.0 Å². The molecule has 1 saturated heterocycles. The summed E-state index contributed by atoms with van der Waals surface area (Å²) in [6, 6.07) is 8.35. The van der Waals surface area contributed by atoms with Crippen LogP contribution in [0.3, 0.4) is 0 Å². The molecular formula is C16H21N3O2S. The number of urea groups is 1. The van der Waals surface area contributed by atoms with Crippen LogP contribution >= 0.6 is 11.8 Å². The summed E-state index contributed by atoms with van der Waals surface area (Å²) >= 11 is 1.85. The number of thioether (sulfide) groups is 1. The summed E-state index contributed by atoms with van der Waals surface area (Å²) in [5, 5.41) is 3.16. The number of nitrogens with one attached hydrogen (secondary N) is 1. The van der Waals surface area contributed by atoms with Gasteiger partial charge in [-0.15, -0.1) is 11.8 Å². The monoisotopic (exact) mass is 319 g/mol. The maximum atomic E-state index is 12.5. The first-order chi connectivity index (χ1) is 10.6. The fourth-order valence-electron chi connectivity index (χ4n) is 2.96. The maximum Gasteiger partial charge on any atom is 0.318 e. The van der Waals surface area contributed by atoms with Gasteiger partial charge in [-0.05, 0) is 18.1 Å². The van der Waals surface area contributed by atoms with Crippen molar-refractivity contribution in [3.63, 3.8) is 0 Å². The van der Waals surface area contributed by atoms with Crippen molar-refractivity contribution < 1.29 is 9.59 Å². The molecule has 118 valence electrons. The summed E-state index contributed by atoms with van der Waals surface area (Å²) in [6.45, 7) is 4.04. The molecule has 1 fully saturated rings. The highest BCUT2D eigenvalue weighted by molar-refractivity contribution is 7.99. The van der Waals surface area contributed by atoms with Crippen molar-refractivity contribution in [2.45, 2.75) is 24.3 Å². The van der Waals surface area contributed by atoms with Crippen molar-refractivity contribution in [3.05, 3.63) is 29.8 Å². The predicted octanol–water partition coefficient (Wildman–Crippen LogP) is 2.10. The van der Waals surface area contributed by atoms with Crippen molar-refractivity contribution in [2.75, 3.05) is 31.9 Å². The molecule has 2 aliphatic heterocycles. The van der Waals surface area contributed by atoms with Crippen molar-refractivity contribution in [1.82, 2.24) is 15.1 Å². The third-order valence-electron chi connectivity index (χ3n) is 4.27. The molecule has 0 bridgehead atoms. The van der Waals surface area contributed by atoms with Crippen molar-refractivity contribution in [1.29, 1.82) is 0 Å². The number of piperazine rings is 1. The molecule has 5 nitrogen and oxygen atoms in total. The second kappa shape index (κ2) is 6.60. The first-order valence-corrected chi connectivity index (χ1v) is 8.66. The van der Waals surface area contributed by atoms with Crippen LogP contribution < -0.4 is 5.32 Å². The zero-order chi connectivity index (χ0) is 15.5. The lowest BCUT2D eigenvalue weighted by Crippen LogP contribution is -2.53. The topological polar surface area (TPSA) is 52.7 Å². The molecule has 0 saturated carbocycles. The smallest absolute Gasteiger partial charge is 0.318 e. The Hall–Kier alpha value is -1.69. The second-order valence-corrected chi connectivity index (χ2v) is 6.81. The zero-order valence-electron chi connectivity index (χ0n) is 12.7. The Kier molecular flexibility index (Phi) is 4.57. The van der Waals surface area contributed by atoms with Gasteiger partial charge in [0.15, 0.2) is 0 Å². The van der Waals surface area contributed by atoms with Crippen LogP contribution in [0, 0.1) is 0 Å². The Morgan fingerprint density at radius 3 is 2.55 bits per heavy atom. The predicted molar refractivity (Wildman–Crippen MR) is 86.9 cm³/mol. The van der Waals surface area contributed by atoms with Crippen LogP contribution in [-0.2, 0) is 4.79 Å². The molecule has 6 heteroatoms. The van der Waals surface area contributed by atoms with Gasteiger partial charge in [0, 0.05) is 43.8 Å². The minimum atomic E-state index is -0.0186. The summed E-state index contributed by atoms with van der Waals surface area (Å²) in [6.07, 6.45) is 0.959. The van der Waals surface area contributed by atoms with Crippen LogP contribution in [0.15, 0.2) is 29.2 Å². The molecule has 0 aliphatic carbocycles. The van der Waals surface area contributed by atoms with Crippen molar-refractivity contribution in [3.8, 4) is 0 Å². The summed E-state index contributed by atoms with van der Waals surface area (Å²) in [7, 11) is 0. The molecule has 2 aliphatic rings. The van der Waals surface area contributed by atoms with Crippen LogP contribution in [0.1, 0.15) is 24.9 Å². The van der Waals surface area contributed by atoms with E-state index in [1.165, 1.54) is 10.5 Å². The summed E-state index contributed by atoms with van der Waals surface area (Å²) in [5.41, 5.74) is 1.22. The van der Waals surface area contributed by atoms with Crippen LogP contribution in [0.25, 0.3) is 0 Å². The molecule has 2 heterocycles. The van der Waals surface area contributed by atoms with Crippen LogP contribution in [0.5, 0.6) is 0 Å². The molecule has 0 radical (unpaired) electrons. The zero-order valence-corrected chi connectivity index (χ0v) is 13.6. The van der Waals surface area contributed by atoms with E-state index in [9.17, 15) is 9.59 Å². The van der Waals surface area contributed by atoms with Gasteiger partial charge in [-0.25, -0.2) is 4.79 Å². The quantitative estimate of drug-likeness (QED) is 0.862. The van der Waals surface area contributed by atoms with Crippen molar-refractivity contribution in [2.24, 2.45) is 0 Å². The molecule has 3 rings (SSSR count). The molecule has 0 unspecified atom stereocenters. The number of amides is 3. The Morgan fingerprint density at radius 2 is 1.82 bits per heavy atom. The number of carbonyl (C=O) groups is 2. The number of hydrogen-bond acceptors (Lipinski definition) is 3. The summed E-state index contributed by atoms with van der Waals surface area (Å²) in [5.74, 6) is 1.11. The lowest BCUT2D eigenvalue weighted by molar-refractivity contribution is -0.130. The highest BCUT2D eigenvalue weighted by Crippen LogP contribution is 2.35. The van der Waals surface area contributed by atoms with E-state index in [1.807, 2.05) is 28.8 Å². The molecule has 22 heavy (non-hydrogen) atoms. The van der Waals surface area contributed by atoms with Crippen LogP contribution in [-0.4, -0.2) is 53.7 Å². The molecule has 3 amide bonds. The van der Waals surface area contributed by atoms with Gasteiger partial charge in [0.1, 0.15) is 0 Å². The van der Waals surface area contributed by atoms with Gasteiger partial charge >= 0.3 is 6.03 Å². The summed E-state index contributed by atoms with van der Waals surface area (Å²) < 4.78 is 0. The van der Waals surface area contributed by atoms with Gasteiger partial charge in [0.25, 0.3) is 0 Å². The number of rotatable bonds is 1. The number of hydrogen-bond donors (Lipinski definition) is 1. The van der Waals surface area contributed by atoms with E-state index < -0.39 is 0 Å². The van der Waals surface area contributed by atoms with E-state index in [1.54, 1.807) is 11.8 Å². The van der Waals surface area contributed by atoms with Gasteiger partial charge in [-0.3, -0.25) is 4.79 Å². The third kappa shape index (κ3) is 3.21. The number of fused-ring (bicyclic) bond motifs is 1. The molecular weight excluding hydrogens is 298 g/mol. The van der Waals surface area contributed by atoms with E-state index in [0.29, 0.717) is 26.2 Å². The molecule has 0 aromatic heterocycles. The lowest BCUT2D eigenvalue weighted by Gasteiger charge is -2.35. The van der Waals surface area contributed by atoms with Gasteiger partial charge in [0.2, 0.25) is 5.91 Å². The Balaban J connectivity index is 1.60. The fourth-order valence-corrected chi connectivity index (χ4v) is 4.08. The maximum absolute atomic E-state index is 12.5. The number of nitrogens with zero attached hydrogens (tertiary/aromatic N) is 2. The Morgan fingerprint density at radius 1 is 1.14 bits per heavy atom. The molecule has 1 atom stereocenters. The highest BCUT2D eigenvalue weighted by Gasteiger charge is 2.26. The van der Waals surface area contributed by atoms with Gasteiger partial charge in [-0.1, -0.05) is 18.2 Å². The van der Waals surface area contributed by atoms with Gasteiger partial charge in [-0.2, -0.15) is 0 Å². The Labute approximate surface area is 135 Å². The minimum Gasteiger partial charge on any atom is -0.339 e. The SMILES string of the molecule is CC(=O)N1CCN(C(=O)N[C@H]2CCSc3ccccc32)CC1. The van der Waals surface area contributed by atoms with Crippen LogP contribution in [0.4, 0.5) is 4.79 Å². The van der Waals surface area contributed by atoms with E-state index in [4.69, 9.17) is 0 Å². The average Bonchev–Trinajstić information content (AvgIpc) is 2.55. The molecule has 1 N–H and O–H groups in total. The second-order valence-electron chi connectivity index (χ2n) is 5.67. The summed E-state index contributed by atoms with van der Waals surface area (Å²) in [4.78, 5) is 28.7. The third-order valence-corrected chi connectivity index (χ3v) is 5.39. The molecule has 0 spiro atoms. The van der Waals surface area contributed by atoms with Crippen LogP contribution in [0.2, 0.25) is 0 Å². The standard InChI is InChI=1S/C16H21N3O2S/c1-12(20)18-7-9-19(10-8-18)16(21)17-14-6-11-22-15-5-3-2-4-13(14)15/h2-5,14H,6-11H2,1H3,(H,17,21)/t14-/m0/s1. The Bertz CT molecular complexity index is 570. The van der Waals surface area contributed by atoms with E-state index in [0.717, 1.165) is 12.2 Å². The van der Waals surface area contributed by atoms with E-state index >= 15 is 0 Å². The average molecular weight is 319 g/mol. The largest absolute Gasteiger partial charge is 0.339 e. The highest BCUT2D eigenvalue weighted by atomic mass is 32.2. The number of carbonyl (C=O) groups excluding carboxylic acids is 2. The van der Waals surface area contributed by atoms with E-state index in [2.05, 4.69) is 17.4 Å². The fraction of sp³-hybridized carbons (Fsp3) is 0.500.